The fourth-order valence-electron chi connectivity index (χ4n) is 1.02. The molecule has 0 saturated heterocycles. The van der Waals surface area contributed by atoms with Crippen molar-refractivity contribution in [2.24, 2.45) is 0 Å². The van der Waals surface area contributed by atoms with Crippen LogP contribution in [0.25, 0.3) is 0 Å². The van der Waals surface area contributed by atoms with Crippen molar-refractivity contribution in [1.82, 2.24) is 5.32 Å². The van der Waals surface area contributed by atoms with E-state index in [1.807, 2.05) is 0 Å². The first-order valence-electron chi connectivity index (χ1n) is 4.42. The lowest BCUT2D eigenvalue weighted by molar-refractivity contribution is -0.0490. The molecule has 1 rings (SSSR count). The highest BCUT2D eigenvalue weighted by Crippen LogP contribution is 2.27. The van der Waals surface area contributed by atoms with Gasteiger partial charge >= 0.3 is 0 Å². The molecule has 0 aliphatic carbocycles. The number of aliphatic hydroxyl groups excluding tert-OH is 1. The summed E-state index contributed by atoms with van der Waals surface area (Å²) in [6.45, 7) is 0.0910. The number of alkyl halides is 2. The van der Waals surface area contributed by atoms with Gasteiger partial charge in [0, 0.05) is 10.9 Å². The number of hydrogen-bond donors (Lipinski definition) is 2. The number of aliphatic hydroxyl groups is 1. The molecule has 0 radical (unpaired) electrons. The third-order valence-electron chi connectivity index (χ3n) is 1.92. The van der Waals surface area contributed by atoms with Crippen LogP contribution in [0.15, 0.2) is 12.1 Å². The number of thiophene rings is 1. The third-order valence-corrected chi connectivity index (χ3v) is 3.33. The van der Waals surface area contributed by atoms with E-state index in [2.05, 4.69) is 5.32 Å². The van der Waals surface area contributed by atoms with Crippen LogP contribution in [0, 0.1) is 0 Å². The van der Waals surface area contributed by atoms with E-state index in [1.54, 1.807) is 19.1 Å². The minimum Gasteiger partial charge on any atom is -0.390 e. The third kappa shape index (κ3) is 4.03. The summed E-state index contributed by atoms with van der Waals surface area (Å²) in [6, 6.07) is 3.33. The van der Waals surface area contributed by atoms with Crippen molar-refractivity contribution in [2.45, 2.75) is 18.9 Å². The molecule has 0 bridgehead atoms. The zero-order valence-corrected chi connectivity index (χ0v) is 9.71. The van der Waals surface area contributed by atoms with Crippen molar-refractivity contribution in [3.05, 3.63) is 21.3 Å². The average molecular weight is 256 g/mol. The molecule has 86 valence electrons. The van der Waals surface area contributed by atoms with Crippen LogP contribution >= 0.6 is 22.9 Å². The lowest BCUT2D eigenvalue weighted by atomic mass is 10.2. The van der Waals surface area contributed by atoms with Crippen LogP contribution in [-0.2, 0) is 0 Å². The Hall–Kier alpha value is -0.230. The highest BCUT2D eigenvalue weighted by Gasteiger charge is 2.28. The van der Waals surface area contributed by atoms with E-state index in [0.717, 1.165) is 4.88 Å². The fraction of sp³-hybridized carbons (Fsp3) is 0.556. The monoisotopic (exact) mass is 255 g/mol. The summed E-state index contributed by atoms with van der Waals surface area (Å²) >= 11 is 7.07. The molecular weight excluding hydrogens is 244 g/mol. The summed E-state index contributed by atoms with van der Waals surface area (Å²) in [7, 11) is 0. The van der Waals surface area contributed by atoms with E-state index in [9.17, 15) is 8.78 Å². The van der Waals surface area contributed by atoms with E-state index < -0.39 is 19.1 Å². The normalized spacial score (nSPS) is 14.2. The minimum atomic E-state index is -3.07. The van der Waals surface area contributed by atoms with E-state index >= 15 is 0 Å². The second-order valence-electron chi connectivity index (χ2n) is 3.26. The van der Waals surface area contributed by atoms with Crippen molar-refractivity contribution in [3.63, 3.8) is 0 Å². The molecule has 1 atom stereocenters. The maximum atomic E-state index is 12.7. The fourth-order valence-corrected chi connectivity index (χ4v) is 2.11. The lowest BCUT2D eigenvalue weighted by Crippen LogP contribution is -2.36. The number of hydrogen-bond acceptors (Lipinski definition) is 3. The molecule has 0 aliphatic rings. The predicted octanol–water partition coefficient (Wildman–Crippen LogP) is 2.68. The Kier molecular flexibility index (Phi) is 4.45. The molecule has 0 spiro atoms. The molecule has 0 fully saturated rings. The highest BCUT2D eigenvalue weighted by molar-refractivity contribution is 7.16. The predicted molar refractivity (Wildman–Crippen MR) is 57.8 cm³/mol. The smallest absolute Gasteiger partial charge is 0.282 e. The number of rotatable bonds is 5. The highest BCUT2D eigenvalue weighted by atomic mass is 35.5. The summed E-state index contributed by atoms with van der Waals surface area (Å²) in [6.07, 6.45) is 0. The Morgan fingerprint density at radius 1 is 1.60 bits per heavy atom. The first-order valence-corrected chi connectivity index (χ1v) is 5.61. The Balaban J connectivity index is 2.46. The van der Waals surface area contributed by atoms with Gasteiger partial charge in [-0.2, -0.15) is 0 Å². The van der Waals surface area contributed by atoms with E-state index in [4.69, 9.17) is 16.7 Å². The van der Waals surface area contributed by atoms with E-state index in [-0.39, 0.29) is 6.04 Å². The van der Waals surface area contributed by atoms with Crippen LogP contribution in [0.4, 0.5) is 8.78 Å². The maximum absolute atomic E-state index is 12.7. The molecule has 1 heterocycles. The van der Waals surface area contributed by atoms with Gasteiger partial charge in [0.1, 0.15) is 6.61 Å². The van der Waals surface area contributed by atoms with Crippen LogP contribution in [0.3, 0.4) is 0 Å². The first-order chi connectivity index (χ1) is 6.94. The topological polar surface area (TPSA) is 32.3 Å². The Morgan fingerprint density at radius 2 is 2.27 bits per heavy atom. The molecule has 2 nitrogen and oxygen atoms in total. The van der Waals surface area contributed by atoms with Gasteiger partial charge in [-0.05, 0) is 19.1 Å². The van der Waals surface area contributed by atoms with Crippen molar-refractivity contribution >= 4 is 22.9 Å². The Bertz CT molecular complexity index is 319. The van der Waals surface area contributed by atoms with E-state index in [1.165, 1.54) is 11.3 Å². The minimum absolute atomic E-state index is 0.195. The van der Waals surface area contributed by atoms with Crippen molar-refractivity contribution in [3.8, 4) is 0 Å². The van der Waals surface area contributed by atoms with Gasteiger partial charge in [-0.15, -0.1) is 11.3 Å². The van der Waals surface area contributed by atoms with Gasteiger partial charge in [-0.3, -0.25) is 0 Å². The van der Waals surface area contributed by atoms with E-state index in [0.29, 0.717) is 4.34 Å². The maximum Gasteiger partial charge on any atom is 0.282 e. The summed E-state index contributed by atoms with van der Waals surface area (Å²) in [5, 5.41) is 11.0. The molecule has 0 amide bonds. The van der Waals surface area contributed by atoms with Crippen LogP contribution in [-0.4, -0.2) is 24.2 Å². The van der Waals surface area contributed by atoms with Crippen LogP contribution in [0.2, 0.25) is 4.34 Å². The molecular formula is C9H12ClF2NOS. The van der Waals surface area contributed by atoms with Gasteiger partial charge in [0.05, 0.1) is 10.9 Å². The second kappa shape index (κ2) is 5.21. The van der Waals surface area contributed by atoms with Gasteiger partial charge in [0.15, 0.2) is 0 Å². The number of nitrogens with one attached hydrogen (secondary N) is 1. The lowest BCUT2D eigenvalue weighted by Gasteiger charge is -2.17. The standard InChI is InChI=1S/C9H12ClF2NOS/c1-6(7-2-3-8(10)15-7)13-4-9(11,12)5-14/h2-3,6,13-14H,4-5H2,1H3. The first kappa shape index (κ1) is 12.8. The van der Waals surface area contributed by atoms with Crippen LogP contribution in [0.5, 0.6) is 0 Å². The van der Waals surface area contributed by atoms with Crippen molar-refractivity contribution < 1.29 is 13.9 Å². The van der Waals surface area contributed by atoms with Crippen molar-refractivity contribution in [2.75, 3.05) is 13.2 Å². The molecule has 0 aromatic carbocycles. The summed E-state index contributed by atoms with van der Waals surface area (Å²) in [5.41, 5.74) is 0. The molecule has 1 aromatic rings. The molecule has 6 heteroatoms. The van der Waals surface area contributed by atoms with Gasteiger partial charge in [0.2, 0.25) is 0 Å². The average Bonchev–Trinajstić information content (AvgIpc) is 2.61. The van der Waals surface area contributed by atoms with Gasteiger partial charge in [-0.1, -0.05) is 11.6 Å². The van der Waals surface area contributed by atoms with Gasteiger partial charge in [-0.25, -0.2) is 8.78 Å². The SMILES string of the molecule is CC(NCC(F)(F)CO)c1ccc(Cl)s1. The number of halogens is 3. The summed E-state index contributed by atoms with van der Waals surface area (Å²) in [4.78, 5) is 0.897. The van der Waals surface area contributed by atoms with Gasteiger partial charge in [0.25, 0.3) is 5.92 Å². The molecule has 15 heavy (non-hydrogen) atoms. The molecule has 1 aromatic heterocycles. The Labute approximate surface area is 95.9 Å². The molecule has 2 N–H and O–H groups in total. The molecule has 0 saturated carbocycles. The summed E-state index contributed by atoms with van der Waals surface area (Å²) in [5.74, 6) is -3.07. The Morgan fingerprint density at radius 3 is 2.73 bits per heavy atom. The summed E-state index contributed by atoms with van der Waals surface area (Å²) < 4.78 is 26.0. The van der Waals surface area contributed by atoms with Gasteiger partial charge < -0.3 is 10.4 Å². The largest absolute Gasteiger partial charge is 0.390 e. The van der Waals surface area contributed by atoms with Crippen molar-refractivity contribution in [1.29, 1.82) is 0 Å². The molecule has 0 aliphatic heterocycles. The van der Waals surface area contributed by atoms with Crippen LogP contribution < -0.4 is 5.32 Å². The van der Waals surface area contributed by atoms with Crippen LogP contribution in [0.1, 0.15) is 17.8 Å². The molecule has 1 unspecified atom stereocenters. The quantitative estimate of drug-likeness (QED) is 0.848. The zero-order chi connectivity index (χ0) is 11.5. The zero-order valence-electron chi connectivity index (χ0n) is 8.14. The second-order valence-corrected chi connectivity index (χ2v) is 5.01.